The normalized spacial score (nSPS) is 10.9. The van der Waals surface area contributed by atoms with Gasteiger partial charge in [0, 0.05) is 12.0 Å². The van der Waals surface area contributed by atoms with Crippen LogP contribution in [0.25, 0.3) is 0 Å². The van der Waals surface area contributed by atoms with Gasteiger partial charge in [0.15, 0.2) is 0 Å². The van der Waals surface area contributed by atoms with Crippen molar-refractivity contribution < 1.29 is 14.4 Å². The molecule has 0 heterocycles. The number of hydrogen-bond acceptors (Lipinski definition) is 3. The molecule has 0 fully saturated rings. The molecule has 1 aromatic carbocycles. The lowest BCUT2D eigenvalue weighted by molar-refractivity contribution is 0.320. The molecule has 0 aliphatic carbocycles. The summed E-state index contributed by atoms with van der Waals surface area (Å²) in [6.45, 7) is 3.79. The highest BCUT2D eigenvalue weighted by Crippen LogP contribution is 2.05. The lowest BCUT2D eigenvalue weighted by atomic mass is 9.79. The SMILES string of the molecule is CCCCN(C)Cc1ccc(F)c(B(O)O)c1. The summed E-state index contributed by atoms with van der Waals surface area (Å²) in [6.07, 6.45) is 2.25. The molecule has 0 aliphatic rings. The van der Waals surface area contributed by atoms with E-state index < -0.39 is 12.9 Å². The van der Waals surface area contributed by atoms with Crippen molar-refractivity contribution in [3.63, 3.8) is 0 Å². The van der Waals surface area contributed by atoms with Crippen molar-refractivity contribution in [1.29, 1.82) is 0 Å². The van der Waals surface area contributed by atoms with Gasteiger partial charge < -0.3 is 14.9 Å². The molecule has 1 aromatic rings. The lowest BCUT2D eigenvalue weighted by Gasteiger charge is -2.16. The largest absolute Gasteiger partial charge is 0.491 e. The fraction of sp³-hybridized carbons (Fsp3) is 0.500. The average molecular weight is 239 g/mol. The Balaban J connectivity index is 2.68. The van der Waals surface area contributed by atoms with Crippen LogP contribution < -0.4 is 5.46 Å². The summed E-state index contributed by atoms with van der Waals surface area (Å²) < 4.78 is 13.2. The fourth-order valence-electron chi connectivity index (χ4n) is 1.71. The second kappa shape index (κ2) is 6.74. The Morgan fingerprint density at radius 1 is 1.35 bits per heavy atom. The van der Waals surface area contributed by atoms with Crippen LogP contribution in [-0.2, 0) is 6.54 Å². The van der Waals surface area contributed by atoms with Crippen LogP contribution >= 0.6 is 0 Å². The maximum Gasteiger partial charge on any atom is 0.491 e. The highest BCUT2D eigenvalue weighted by atomic mass is 19.1. The van der Waals surface area contributed by atoms with E-state index in [0.717, 1.165) is 24.9 Å². The number of halogens is 1. The van der Waals surface area contributed by atoms with Gasteiger partial charge in [0.05, 0.1) is 0 Å². The molecule has 0 unspecified atom stereocenters. The first kappa shape index (κ1) is 14.2. The molecular formula is C12H19BFNO2. The predicted molar refractivity (Wildman–Crippen MR) is 67.5 cm³/mol. The molecule has 0 radical (unpaired) electrons. The average Bonchev–Trinajstić information content (AvgIpc) is 2.28. The monoisotopic (exact) mass is 239 g/mol. The Morgan fingerprint density at radius 3 is 2.65 bits per heavy atom. The molecule has 0 saturated heterocycles. The van der Waals surface area contributed by atoms with Crippen LogP contribution in [0.2, 0.25) is 0 Å². The maximum atomic E-state index is 13.2. The summed E-state index contributed by atoms with van der Waals surface area (Å²) >= 11 is 0. The van der Waals surface area contributed by atoms with E-state index >= 15 is 0 Å². The Labute approximate surface area is 102 Å². The summed E-state index contributed by atoms with van der Waals surface area (Å²) in [7, 11) is 0.240. The van der Waals surface area contributed by atoms with Crippen molar-refractivity contribution in [3.8, 4) is 0 Å². The van der Waals surface area contributed by atoms with Crippen LogP contribution in [-0.4, -0.2) is 35.7 Å². The second-order valence-corrected chi connectivity index (χ2v) is 4.32. The molecule has 5 heteroatoms. The number of hydrogen-bond donors (Lipinski definition) is 2. The van der Waals surface area contributed by atoms with E-state index in [4.69, 9.17) is 10.0 Å². The highest BCUT2D eigenvalue weighted by Gasteiger charge is 2.16. The third-order valence-corrected chi connectivity index (χ3v) is 2.68. The van der Waals surface area contributed by atoms with Crippen molar-refractivity contribution in [3.05, 3.63) is 29.6 Å². The number of benzene rings is 1. The van der Waals surface area contributed by atoms with Crippen LogP contribution in [0.3, 0.4) is 0 Å². The van der Waals surface area contributed by atoms with E-state index in [-0.39, 0.29) is 5.46 Å². The third-order valence-electron chi connectivity index (χ3n) is 2.68. The van der Waals surface area contributed by atoms with Crippen molar-refractivity contribution in [2.75, 3.05) is 13.6 Å². The molecule has 94 valence electrons. The molecule has 0 saturated carbocycles. The first-order valence-corrected chi connectivity index (χ1v) is 5.87. The molecule has 0 atom stereocenters. The highest BCUT2D eigenvalue weighted by molar-refractivity contribution is 6.58. The van der Waals surface area contributed by atoms with E-state index in [1.165, 1.54) is 12.1 Å². The summed E-state index contributed by atoms with van der Waals surface area (Å²) in [6, 6.07) is 4.45. The van der Waals surface area contributed by atoms with Crippen molar-refractivity contribution in [1.82, 2.24) is 4.90 Å². The molecule has 1 rings (SSSR count). The first-order valence-electron chi connectivity index (χ1n) is 5.87. The molecule has 0 spiro atoms. The summed E-state index contributed by atoms with van der Waals surface area (Å²) in [5, 5.41) is 18.0. The van der Waals surface area contributed by atoms with Gasteiger partial charge in [-0.05, 0) is 31.6 Å². The van der Waals surface area contributed by atoms with Gasteiger partial charge in [-0.1, -0.05) is 25.5 Å². The van der Waals surface area contributed by atoms with E-state index in [2.05, 4.69) is 11.8 Å². The van der Waals surface area contributed by atoms with E-state index in [9.17, 15) is 4.39 Å². The minimum atomic E-state index is -1.75. The van der Waals surface area contributed by atoms with E-state index in [1.807, 2.05) is 7.05 Å². The van der Waals surface area contributed by atoms with Crippen LogP contribution in [0.15, 0.2) is 18.2 Å². The van der Waals surface area contributed by atoms with E-state index in [1.54, 1.807) is 6.07 Å². The number of unbranched alkanes of at least 4 members (excludes halogenated alkanes) is 1. The summed E-state index contributed by atoms with van der Waals surface area (Å²) in [5.74, 6) is -0.583. The molecule has 0 aromatic heterocycles. The van der Waals surface area contributed by atoms with Crippen molar-refractivity contribution in [2.24, 2.45) is 0 Å². The topological polar surface area (TPSA) is 43.7 Å². The zero-order valence-corrected chi connectivity index (χ0v) is 10.4. The van der Waals surface area contributed by atoms with Gasteiger partial charge in [0.1, 0.15) is 5.82 Å². The standard InChI is InChI=1S/C12H19BFNO2/c1-3-4-7-15(2)9-10-5-6-12(14)11(8-10)13(16)17/h5-6,8,16-17H,3-4,7,9H2,1-2H3. The lowest BCUT2D eigenvalue weighted by Crippen LogP contribution is -2.33. The van der Waals surface area contributed by atoms with Crippen molar-refractivity contribution >= 4 is 12.6 Å². The molecular weight excluding hydrogens is 220 g/mol. The fourth-order valence-corrected chi connectivity index (χ4v) is 1.71. The third kappa shape index (κ3) is 4.46. The first-order chi connectivity index (χ1) is 8.04. The van der Waals surface area contributed by atoms with Crippen LogP contribution in [0.5, 0.6) is 0 Å². The van der Waals surface area contributed by atoms with Gasteiger partial charge in [-0.2, -0.15) is 0 Å². The minimum Gasteiger partial charge on any atom is -0.423 e. The maximum absolute atomic E-state index is 13.2. The van der Waals surface area contributed by atoms with Gasteiger partial charge in [0.25, 0.3) is 0 Å². The zero-order chi connectivity index (χ0) is 12.8. The van der Waals surface area contributed by atoms with Gasteiger partial charge in [-0.15, -0.1) is 0 Å². The van der Waals surface area contributed by atoms with Crippen LogP contribution in [0, 0.1) is 5.82 Å². The molecule has 3 nitrogen and oxygen atoms in total. The molecule has 2 N–H and O–H groups in total. The van der Waals surface area contributed by atoms with Gasteiger partial charge >= 0.3 is 7.12 Å². The number of rotatable bonds is 6. The minimum absolute atomic E-state index is 0.0635. The van der Waals surface area contributed by atoms with Gasteiger partial charge in [-0.25, -0.2) is 4.39 Å². The van der Waals surface area contributed by atoms with Crippen LogP contribution in [0.1, 0.15) is 25.3 Å². The van der Waals surface area contributed by atoms with Gasteiger partial charge in [-0.3, -0.25) is 0 Å². The molecule has 0 amide bonds. The summed E-state index contributed by atoms with van der Waals surface area (Å²) in [4.78, 5) is 2.13. The van der Waals surface area contributed by atoms with Crippen molar-refractivity contribution in [2.45, 2.75) is 26.3 Å². The summed E-state index contributed by atoms with van der Waals surface area (Å²) in [5.41, 5.74) is 0.819. The Kier molecular flexibility index (Phi) is 5.61. The number of nitrogens with zero attached hydrogens (tertiary/aromatic N) is 1. The van der Waals surface area contributed by atoms with Crippen LogP contribution in [0.4, 0.5) is 4.39 Å². The Bertz CT molecular complexity index is 360. The smallest absolute Gasteiger partial charge is 0.423 e. The quantitative estimate of drug-likeness (QED) is 0.719. The molecule has 0 bridgehead atoms. The molecule has 17 heavy (non-hydrogen) atoms. The van der Waals surface area contributed by atoms with E-state index in [0.29, 0.717) is 6.54 Å². The zero-order valence-electron chi connectivity index (χ0n) is 10.4. The second-order valence-electron chi connectivity index (χ2n) is 4.32. The van der Waals surface area contributed by atoms with Gasteiger partial charge in [0.2, 0.25) is 0 Å². The molecule has 0 aliphatic heterocycles. The predicted octanol–water partition coefficient (Wildman–Crippen LogP) is 0.737. The Hall–Kier alpha value is -0.905. The Morgan fingerprint density at radius 2 is 2.06 bits per heavy atom.